The van der Waals surface area contributed by atoms with Crippen LogP contribution in [0.4, 0.5) is 0 Å². The Bertz CT molecular complexity index is 871. The first-order chi connectivity index (χ1) is 12.5. The van der Waals surface area contributed by atoms with E-state index in [1.807, 2.05) is 35.0 Å². The third kappa shape index (κ3) is 4.18. The van der Waals surface area contributed by atoms with E-state index >= 15 is 0 Å². The van der Waals surface area contributed by atoms with Crippen molar-refractivity contribution in [3.63, 3.8) is 0 Å². The third-order valence-electron chi connectivity index (χ3n) is 4.37. The molecule has 3 aromatic rings. The van der Waals surface area contributed by atoms with Crippen molar-refractivity contribution in [2.75, 3.05) is 14.1 Å². The summed E-state index contributed by atoms with van der Waals surface area (Å²) in [6.45, 7) is 2.84. The van der Waals surface area contributed by atoms with Gasteiger partial charge in [-0.2, -0.15) is 0 Å². The first-order valence-electron chi connectivity index (χ1n) is 8.67. The molecule has 1 amide bonds. The highest BCUT2D eigenvalue weighted by atomic mass is 16.2. The van der Waals surface area contributed by atoms with Crippen LogP contribution in [0.25, 0.3) is 5.69 Å². The molecule has 1 heterocycles. The predicted molar refractivity (Wildman–Crippen MR) is 103 cm³/mol. The minimum atomic E-state index is 0.0212. The van der Waals surface area contributed by atoms with Gasteiger partial charge in [-0.15, -0.1) is 0 Å². The lowest BCUT2D eigenvalue weighted by Gasteiger charge is -2.16. The summed E-state index contributed by atoms with van der Waals surface area (Å²) in [4.78, 5) is 17.8. The van der Waals surface area contributed by atoms with Gasteiger partial charge in [0, 0.05) is 50.3 Å². The molecule has 3 rings (SSSR count). The number of carbonyl (C=O) groups excluding carboxylic acids is 1. The molecule has 134 valence electrons. The molecule has 0 fully saturated rings. The van der Waals surface area contributed by atoms with Gasteiger partial charge in [0.1, 0.15) is 0 Å². The fourth-order valence-electron chi connectivity index (χ4n) is 2.83. The van der Waals surface area contributed by atoms with Crippen LogP contribution in [0.1, 0.15) is 34.5 Å². The molecule has 0 saturated heterocycles. The number of imidazole rings is 1. The Kier molecular flexibility index (Phi) is 5.49. The fourth-order valence-corrected chi connectivity index (χ4v) is 2.83. The number of benzene rings is 2. The van der Waals surface area contributed by atoms with Crippen molar-refractivity contribution in [3.8, 4) is 5.69 Å². The number of nitrogens with one attached hydrogen (secondary N) is 1. The molecule has 0 spiro atoms. The van der Waals surface area contributed by atoms with Crippen LogP contribution in [0.3, 0.4) is 0 Å². The first kappa shape index (κ1) is 17.9. The van der Waals surface area contributed by atoms with Crippen LogP contribution >= 0.6 is 0 Å². The molecular formula is C21H24N4O. The molecule has 0 unspecified atom stereocenters. The van der Waals surface area contributed by atoms with E-state index in [0.29, 0.717) is 12.1 Å². The Balaban J connectivity index is 1.68. The fraction of sp³-hybridized carbons (Fsp3) is 0.238. The van der Waals surface area contributed by atoms with Crippen molar-refractivity contribution < 1.29 is 4.79 Å². The topological polar surface area (TPSA) is 50.2 Å². The molecule has 0 aliphatic rings. The number of hydrogen-bond donors (Lipinski definition) is 1. The van der Waals surface area contributed by atoms with E-state index in [1.54, 1.807) is 31.5 Å². The van der Waals surface area contributed by atoms with E-state index in [1.165, 1.54) is 5.56 Å². The minimum absolute atomic E-state index is 0.0212. The second kappa shape index (κ2) is 7.97. The van der Waals surface area contributed by atoms with Crippen LogP contribution < -0.4 is 5.32 Å². The Hall–Kier alpha value is -2.92. The van der Waals surface area contributed by atoms with Gasteiger partial charge in [-0.05, 0) is 42.3 Å². The average molecular weight is 348 g/mol. The summed E-state index contributed by atoms with van der Waals surface area (Å²) < 4.78 is 1.99. The van der Waals surface area contributed by atoms with Crippen LogP contribution in [-0.4, -0.2) is 34.5 Å². The Labute approximate surface area is 154 Å². The summed E-state index contributed by atoms with van der Waals surface area (Å²) in [5.41, 5.74) is 4.10. The summed E-state index contributed by atoms with van der Waals surface area (Å²) >= 11 is 0. The van der Waals surface area contributed by atoms with Gasteiger partial charge in [0.2, 0.25) is 0 Å². The van der Waals surface area contributed by atoms with Crippen LogP contribution in [0, 0.1) is 0 Å². The van der Waals surface area contributed by atoms with Gasteiger partial charge in [-0.1, -0.05) is 24.3 Å². The van der Waals surface area contributed by atoms with E-state index in [9.17, 15) is 4.79 Å². The lowest BCUT2D eigenvalue weighted by molar-refractivity contribution is 0.0827. The maximum Gasteiger partial charge on any atom is 0.253 e. The maximum absolute atomic E-state index is 12.1. The normalized spacial score (nSPS) is 12.0. The minimum Gasteiger partial charge on any atom is -0.345 e. The molecule has 1 aromatic heterocycles. The van der Waals surface area contributed by atoms with Crippen molar-refractivity contribution in [2.45, 2.75) is 19.5 Å². The van der Waals surface area contributed by atoms with Gasteiger partial charge in [0.25, 0.3) is 5.91 Å². The van der Waals surface area contributed by atoms with Crippen LogP contribution in [0.15, 0.2) is 67.3 Å². The molecule has 5 nitrogen and oxygen atoms in total. The van der Waals surface area contributed by atoms with Crippen molar-refractivity contribution in [1.82, 2.24) is 19.8 Å². The lowest BCUT2D eigenvalue weighted by atomic mass is 10.1. The van der Waals surface area contributed by atoms with Crippen molar-refractivity contribution in [1.29, 1.82) is 0 Å². The number of aromatic nitrogens is 2. The predicted octanol–water partition coefficient (Wildman–Crippen LogP) is 3.42. The Morgan fingerprint density at radius 3 is 2.73 bits per heavy atom. The van der Waals surface area contributed by atoms with E-state index in [0.717, 1.165) is 11.3 Å². The number of carbonyl (C=O) groups is 1. The molecule has 0 saturated carbocycles. The quantitative estimate of drug-likeness (QED) is 0.742. The highest BCUT2D eigenvalue weighted by molar-refractivity contribution is 5.94. The third-order valence-corrected chi connectivity index (χ3v) is 4.37. The van der Waals surface area contributed by atoms with Gasteiger partial charge >= 0.3 is 0 Å². The molecule has 0 radical (unpaired) electrons. The zero-order valence-corrected chi connectivity index (χ0v) is 15.4. The zero-order chi connectivity index (χ0) is 18.5. The molecule has 0 bridgehead atoms. The second-order valence-corrected chi connectivity index (χ2v) is 6.57. The average Bonchev–Trinajstić information content (AvgIpc) is 3.20. The molecular weight excluding hydrogens is 324 g/mol. The summed E-state index contributed by atoms with van der Waals surface area (Å²) in [6, 6.07) is 16.3. The van der Waals surface area contributed by atoms with Gasteiger partial charge in [-0.3, -0.25) is 4.79 Å². The largest absolute Gasteiger partial charge is 0.345 e. The standard InChI is InChI=1S/C21H24N4O/c1-16(18-7-5-9-20(13-18)25-11-10-22-15-25)23-14-17-6-4-8-19(12-17)21(26)24(2)3/h4-13,15-16,23H,14H2,1-3H3/t16-/m0/s1. The Morgan fingerprint density at radius 1 is 1.19 bits per heavy atom. The highest BCUT2D eigenvalue weighted by Crippen LogP contribution is 2.18. The van der Waals surface area contributed by atoms with Crippen molar-refractivity contribution in [2.24, 2.45) is 0 Å². The Morgan fingerprint density at radius 2 is 2.00 bits per heavy atom. The monoisotopic (exact) mass is 348 g/mol. The van der Waals surface area contributed by atoms with Gasteiger partial charge in [-0.25, -0.2) is 4.98 Å². The number of rotatable bonds is 6. The zero-order valence-electron chi connectivity index (χ0n) is 15.4. The molecule has 2 aromatic carbocycles. The summed E-state index contributed by atoms with van der Waals surface area (Å²) in [7, 11) is 3.53. The molecule has 1 N–H and O–H groups in total. The van der Waals surface area contributed by atoms with Gasteiger partial charge in [0.15, 0.2) is 0 Å². The summed E-state index contributed by atoms with van der Waals surface area (Å²) in [5.74, 6) is 0.0212. The first-order valence-corrected chi connectivity index (χ1v) is 8.67. The number of hydrogen-bond acceptors (Lipinski definition) is 3. The lowest BCUT2D eigenvalue weighted by Crippen LogP contribution is -2.22. The maximum atomic E-state index is 12.1. The summed E-state index contributed by atoms with van der Waals surface area (Å²) in [6.07, 6.45) is 5.51. The number of amides is 1. The van der Waals surface area contributed by atoms with E-state index in [2.05, 4.69) is 41.5 Å². The summed E-state index contributed by atoms with van der Waals surface area (Å²) in [5, 5.41) is 3.53. The SMILES string of the molecule is C[C@H](NCc1cccc(C(=O)N(C)C)c1)c1cccc(-n2ccnc2)c1. The molecule has 5 heteroatoms. The van der Waals surface area contributed by atoms with Crippen LogP contribution in [-0.2, 0) is 6.54 Å². The molecule has 0 aliphatic carbocycles. The number of nitrogens with zero attached hydrogens (tertiary/aromatic N) is 3. The molecule has 26 heavy (non-hydrogen) atoms. The second-order valence-electron chi connectivity index (χ2n) is 6.57. The van der Waals surface area contributed by atoms with E-state index < -0.39 is 0 Å². The molecule has 1 atom stereocenters. The van der Waals surface area contributed by atoms with Crippen molar-refractivity contribution in [3.05, 3.63) is 83.9 Å². The smallest absolute Gasteiger partial charge is 0.253 e. The van der Waals surface area contributed by atoms with Crippen molar-refractivity contribution >= 4 is 5.91 Å². The van der Waals surface area contributed by atoms with Crippen LogP contribution in [0.5, 0.6) is 0 Å². The van der Waals surface area contributed by atoms with E-state index in [-0.39, 0.29) is 11.9 Å². The highest BCUT2D eigenvalue weighted by Gasteiger charge is 2.10. The van der Waals surface area contributed by atoms with Gasteiger partial charge in [0.05, 0.1) is 6.33 Å². The van der Waals surface area contributed by atoms with Crippen LogP contribution in [0.2, 0.25) is 0 Å². The molecule has 0 aliphatic heterocycles. The van der Waals surface area contributed by atoms with E-state index in [4.69, 9.17) is 0 Å². The van der Waals surface area contributed by atoms with Gasteiger partial charge < -0.3 is 14.8 Å².